The minimum atomic E-state index is -0.617. The molecule has 1 fully saturated rings. The quantitative estimate of drug-likeness (QED) is 0.569. The monoisotopic (exact) mass is 188 g/mol. The van der Waals surface area contributed by atoms with Gasteiger partial charge in [-0.15, -0.1) is 0 Å². The molecule has 0 spiro atoms. The van der Waals surface area contributed by atoms with Gasteiger partial charge in [0.25, 0.3) is 0 Å². The number of hydrogen-bond acceptors (Lipinski definition) is 4. The molecule has 1 heterocycles. The molecular formula is C9H16O4. The molecule has 4 nitrogen and oxygen atoms in total. The number of hydrogen-bond donors (Lipinski definition) is 0. The fourth-order valence-corrected chi connectivity index (χ4v) is 1.51. The van der Waals surface area contributed by atoms with Gasteiger partial charge in [-0.3, -0.25) is 0 Å². The number of carbonyl (C=O) groups excluding carboxylic acids is 1. The van der Waals surface area contributed by atoms with Crippen LogP contribution in [0.4, 0.5) is 0 Å². The van der Waals surface area contributed by atoms with E-state index in [-0.39, 0.29) is 12.1 Å². The van der Waals surface area contributed by atoms with Crippen LogP contribution in [0.5, 0.6) is 0 Å². The van der Waals surface area contributed by atoms with Crippen molar-refractivity contribution in [2.45, 2.75) is 38.6 Å². The van der Waals surface area contributed by atoms with Crippen LogP contribution >= 0.6 is 0 Å². The maximum atomic E-state index is 11.3. The average Bonchev–Trinajstić information content (AvgIpc) is 2.01. The number of carbonyl (C=O) groups is 1. The second kappa shape index (κ2) is 3.64. The first kappa shape index (κ1) is 10.5. The summed E-state index contributed by atoms with van der Waals surface area (Å²) in [4.78, 5) is 11.3. The average molecular weight is 188 g/mol. The zero-order valence-electron chi connectivity index (χ0n) is 8.49. The van der Waals surface area contributed by atoms with Crippen molar-refractivity contribution in [2.24, 2.45) is 0 Å². The highest BCUT2D eigenvalue weighted by atomic mass is 16.6. The van der Waals surface area contributed by atoms with Gasteiger partial charge < -0.3 is 14.2 Å². The Labute approximate surface area is 78.2 Å². The SMILES string of the molecule is COC(=O)C1OCC(C)OC1(C)C. The molecule has 0 aromatic carbocycles. The van der Waals surface area contributed by atoms with Crippen molar-refractivity contribution in [3.05, 3.63) is 0 Å². The van der Waals surface area contributed by atoms with Crippen molar-refractivity contribution in [3.8, 4) is 0 Å². The minimum Gasteiger partial charge on any atom is -0.467 e. The van der Waals surface area contributed by atoms with Gasteiger partial charge in [0.2, 0.25) is 0 Å². The van der Waals surface area contributed by atoms with E-state index in [0.29, 0.717) is 6.61 Å². The number of rotatable bonds is 1. The molecule has 1 aliphatic heterocycles. The molecule has 1 rings (SSSR count). The molecular weight excluding hydrogens is 172 g/mol. The molecule has 0 bridgehead atoms. The predicted octanol–water partition coefficient (Wildman–Crippen LogP) is 0.742. The first-order valence-electron chi connectivity index (χ1n) is 4.34. The molecule has 1 aliphatic rings. The molecule has 13 heavy (non-hydrogen) atoms. The Morgan fingerprint density at radius 1 is 1.54 bits per heavy atom. The van der Waals surface area contributed by atoms with Crippen molar-refractivity contribution in [1.29, 1.82) is 0 Å². The van der Waals surface area contributed by atoms with Crippen LogP contribution in [-0.2, 0) is 19.0 Å². The zero-order valence-corrected chi connectivity index (χ0v) is 8.49. The van der Waals surface area contributed by atoms with Gasteiger partial charge in [-0.2, -0.15) is 0 Å². The predicted molar refractivity (Wildman–Crippen MR) is 46.4 cm³/mol. The Hall–Kier alpha value is -0.610. The Morgan fingerprint density at radius 2 is 2.15 bits per heavy atom. The van der Waals surface area contributed by atoms with Crippen LogP contribution in [0.3, 0.4) is 0 Å². The summed E-state index contributed by atoms with van der Waals surface area (Å²) in [5.74, 6) is -0.378. The van der Waals surface area contributed by atoms with Gasteiger partial charge in [-0.05, 0) is 20.8 Å². The van der Waals surface area contributed by atoms with Gasteiger partial charge >= 0.3 is 5.97 Å². The Morgan fingerprint density at radius 3 is 2.62 bits per heavy atom. The van der Waals surface area contributed by atoms with E-state index < -0.39 is 11.7 Å². The van der Waals surface area contributed by atoms with Crippen LogP contribution in [-0.4, -0.2) is 37.5 Å². The molecule has 0 aliphatic carbocycles. The Balaban J connectivity index is 2.69. The molecule has 2 atom stereocenters. The van der Waals surface area contributed by atoms with Crippen molar-refractivity contribution in [1.82, 2.24) is 0 Å². The van der Waals surface area contributed by atoms with E-state index in [4.69, 9.17) is 9.47 Å². The third kappa shape index (κ3) is 2.19. The lowest BCUT2D eigenvalue weighted by Crippen LogP contribution is -2.53. The second-order valence-corrected chi connectivity index (χ2v) is 3.77. The fourth-order valence-electron chi connectivity index (χ4n) is 1.51. The Bertz CT molecular complexity index is 200. The highest BCUT2D eigenvalue weighted by Gasteiger charge is 2.42. The molecule has 0 saturated carbocycles. The van der Waals surface area contributed by atoms with E-state index in [2.05, 4.69) is 4.74 Å². The highest BCUT2D eigenvalue weighted by molar-refractivity contribution is 5.76. The highest BCUT2D eigenvalue weighted by Crippen LogP contribution is 2.25. The molecule has 0 N–H and O–H groups in total. The van der Waals surface area contributed by atoms with Crippen LogP contribution in [0.1, 0.15) is 20.8 Å². The molecule has 0 amide bonds. The minimum absolute atomic E-state index is 0.0240. The van der Waals surface area contributed by atoms with Crippen LogP contribution < -0.4 is 0 Å². The fraction of sp³-hybridized carbons (Fsp3) is 0.889. The van der Waals surface area contributed by atoms with Gasteiger partial charge in [-0.1, -0.05) is 0 Å². The van der Waals surface area contributed by atoms with E-state index in [1.54, 1.807) is 0 Å². The van der Waals surface area contributed by atoms with Crippen LogP contribution in [0.15, 0.2) is 0 Å². The molecule has 4 heteroatoms. The molecule has 2 unspecified atom stereocenters. The second-order valence-electron chi connectivity index (χ2n) is 3.77. The molecule has 76 valence electrons. The summed E-state index contributed by atoms with van der Waals surface area (Å²) >= 11 is 0. The zero-order chi connectivity index (χ0) is 10.1. The van der Waals surface area contributed by atoms with Gasteiger partial charge in [0, 0.05) is 0 Å². The molecule has 0 aromatic heterocycles. The number of esters is 1. The summed E-state index contributed by atoms with van der Waals surface area (Å²) in [6, 6.07) is 0. The van der Waals surface area contributed by atoms with E-state index in [0.717, 1.165) is 0 Å². The summed E-state index contributed by atoms with van der Waals surface area (Å²) < 4.78 is 15.6. The largest absolute Gasteiger partial charge is 0.467 e. The smallest absolute Gasteiger partial charge is 0.338 e. The van der Waals surface area contributed by atoms with Crippen LogP contribution in [0.2, 0.25) is 0 Å². The summed E-state index contributed by atoms with van der Waals surface area (Å²) in [5.41, 5.74) is -0.606. The summed E-state index contributed by atoms with van der Waals surface area (Å²) in [7, 11) is 1.35. The standard InChI is InChI=1S/C9H16O4/c1-6-5-12-7(8(10)11-4)9(2,3)13-6/h6-7H,5H2,1-4H3. The normalized spacial score (nSPS) is 32.6. The number of ether oxygens (including phenoxy) is 3. The Kier molecular flexibility index (Phi) is 2.93. The topological polar surface area (TPSA) is 44.8 Å². The van der Waals surface area contributed by atoms with Gasteiger partial charge in [0.15, 0.2) is 6.10 Å². The lowest BCUT2D eigenvalue weighted by atomic mass is 9.99. The molecule has 1 saturated heterocycles. The van der Waals surface area contributed by atoms with Crippen molar-refractivity contribution >= 4 is 5.97 Å². The maximum absolute atomic E-state index is 11.3. The molecule has 0 radical (unpaired) electrons. The van der Waals surface area contributed by atoms with Crippen LogP contribution in [0.25, 0.3) is 0 Å². The lowest BCUT2D eigenvalue weighted by molar-refractivity contribution is -0.226. The summed E-state index contributed by atoms with van der Waals surface area (Å²) in [6.07, 6.45) is -0.593. The van der Waals surface area contributed by atoms with E-state index in [1.807, 2.05) is 20.8 Å². The van der Waals surface area contributed by atoms with Crippen molar-refractivity contribution in [3.63, 3.8) is 0 Å². The lowest BCUT2D eigenvalue weighted by Gasteiger charge is -2.39. The number of methoxy groups -OCH3 is 1. The van der Waals surface area contributed by atoms with Gasteiger partial charge in [0.05, 0.1) is 25.4 Å². The van der Waals surface area contributed by atoms with Gasteiger partial charge in [0.1, 0.15) is 0 Å². The van der Waals surface area contributed by atoms with E-state index >= 15 is 0 Å². The first-order chi connectivity index (χ1) is 5.97. The maximum Gasteiger partial charge on any atom is 0.338 e. The third-order valence-corrected chi connectivity index (χ3v) is 2.05. The molecule has 0 aromatic rings. The summed E-state index contributed by atoms with van der Waals surface area (Å²) in [6.45, 7) is 5.99. The van der Waals surface area contributed by atoms with Crippen molar-refractivity contribution in [2.75, 3.05) is 13.7 Å². The third-order valence-electron chi connectivity index (χ3n) is 2.05. The van der Waals surface area contributed by atoms with Gasteiger partial charge in [-0.25, -0.2) is 4.79 Å². The van der Waals surface area contributed by atoms with Crippen LogP contribution in [0, 0.1) is 0 Å². The first-order valence-corrected chi connectivity index (χ1v) is 4.34. The van der Waals surface area contributed by atoms with E-state index in [9.17, 15) is 4.79 Å². The van der Waals surface area contributed by atoms with Crippen molar-refractivity contribution < 1.29 is 19.0 Å². The summed E-state index contributed by atoms with van der Waals surface area (Å²) in [5, 5.41) is 0. The van der Waals surface area contributed by atoms with E-state index in [1.165, 1.54) is 7.11 Å².